The lowest BCUT2D eigenvalue weighted by Gasteiger charge is -2.31. The molecule has 0 atom stereocenters. The van der Waals surface area contributed by atoms with Crippen molar-refractivity contribution in [1.82, 2.24) is 0 Å². The minimum absolute atomic E-state index is 0.515. The summed E-state index contributed by atoms with van der Waals surface area (Å²) in [6.07, 6.45) is 24.2. The normalized spacial score (nSPS) is 19.3. The molecule has 0 aliphatic heterocycles. The van der Waals surface area contributed by atoms with Crippen molar-refractivity contribution in [3.63, 3.8) is 0 Å². The molecule has 0 heterocycles. The summed E-state index contributed by atoms with van der Waals surface area (Å²) in [5.74, 6) is 0. The predicted molar refractivity (Wildman–Crippen MR) is 111 cm³/mol. The van der Waals surface area contributed by atoms with Crippen LogP contribution in [0.5, 0.6) is 0 Å². The van der Waals surface area contributed by atoms with Crippen LogP contribution < -0.4 is 0 Å². The van der Waals surface area contributed by atoms with Crippen LogP contribution in [0.1, 0.15) is 116 Å². The number of unbranched alkanes of at least 4 members (excludes halogenated alkanes) is 5. The van der Waals surface area contributed by atoms with Crippen molar-refractivity contribution in [3.8, 4) is 0 Å². The molecule has 0 bridgehead atoms. The summed E-state index contributed by atoms with van der Waals surface area (Å²) < 4.78 is 7.45. The quantitative estimate of drug-likeness (QED) is 0.231. The van der Waals surface area contributed by atoms with Gasteiger partial charge in [-0.1, -0.05) is 90.4 Å². The second-order valence-corrected chi connectivity index (χ2v) is 9.10. The standard InChI is InChI=1S/C23H48NO/c1-4-5-6-7-15-18-21-24(2,3)22-25-23-19-16-13-11-9-8-10-12-14-17-20-23/h23H,4-22H2,1-3H3/q+1. The monoisotopic (exact) mass is 354 g/mol. The molecule has 0 amide bonds. The van der Waals surface area contributed by atoms with Gasteiger partial charge in [-0.05, 0) is 25.7 Å². The Hall–Kier alpha value is -0.0800. The highest BCUT2D eigenvalue weighted by Gasteiger charge is 2.18. The third-order valence-corrected chi connectivity index (χ3v) is 5.83. The highest BCUT2D eigenvalue weighted by Crippen LogP contribution is 2.19. The molecule has 25 heavy (non-hydrogen) atoms. The van der Waals surface area contributed by atoms with Gasteiger partial charge in [-0.2, -0.15) is 0 Å². The Morgan fingerprint density at radius 1 is 0.680 bits per heavy atom. The van der Waals surface area contributed by atoms with Crippen molar-refractivity contribution in [2.75, 3.05) is 27.4 Å². The lowest BCUT2D eigenvalue weighted by Crippen LogP contribution is -2.43. The van der Waals surface area contributed by atoms with Gasteiger partial charge in [-0.25, -0.2) is 0 Å². The van der Waals surface area contributed by atoms with Crippen molar-refractivity contribution in [2.24, 2.45) is 0 Å². The Labute approximate surface area is 159 Å². The van der Waals surface area contributed by atoms with Crippen LogP contribution in [-0.2, 0) is 4.74 Å². The molecule has 1 saturated carbocycles. The van der Waals surface area contributed by atoms with Gasteiger partial charge in [0.25, 0.3) is 0 Å². The Balaban J connectivity index is 2.20. The van der Waals surface area contributed by atoms with Crippen LogP contribution >= 0.6 is 0 Å². The molecule has 0 spiro atoms. The van der Waals surface area contributed by atoms with Gasteiger partial charge in [-0.15, -0.1) is 0 Å². The van der Waals surface area contributed by atoms with E-state index in [-0.39, 0.29) is 0 Å². The Bertz CT molecular complexity index is 278. The molecule has 0 radical (unpaired) electrons. The first-order valence-electron chi connectivity index (χ1n) is 11.6. The zero-order chi connectivity index (χ0) is 18.2. The topological polar surface area (TPSA) is 9.23 Å². The maximum Gasteiger partial charge on any atom is 0.183 e. The Morgan fingerprint density at radius 2 is 1.16 bits per heavy atom. The molecule has 0 saturated heterocycles. The van der Waals surface area contributed by atoms with Crippen LogP contribution in [0.25, 0.3) is 0 Å². The van der Waals surface area contributed by atoms with Gasteiger partial charge < -0.3 is 9.22 Å². The van der Waals surface area contributed by atoms with E-state index in [0.29, 0.717) is 6.10 Å². The zero-order valence-corrected chi connectivity index (χ0v) is 17.9. The van der Waals surface area contributed by atoms with E-state index in [1.807, 2.05) is 0 Å². The molecule has 150 valence electrons. The molecule has 0 aromatic rings. The van der Waals surface area contributed by atoms with E-state index in [1.54, 1.807) is 0 Å². The van der Waals surface area contributed by atoms with Crippen molar-refractivity contribution in [2.45, 2.75) is 122 Å². The fraction of sp³-hybridized carbons (Fsp3) is 1.00. The number of rotatable bonds is 10. The van der Waals surface area contributed by atoms with E-state index >= 15 is 0 Å². The molecule has 1 aliphatic carbocycles. The molecule has 2 heteroatoms. The van der Waals surface area contributed by atoms with Gasteiger partial charge in [0.1, 0.15) is 0 Å². The summed E-state index contributed by atoms with van der Waals surface area (Å²) in [5, 5.41) is 0. The highest BCUT2D eigenvalue weighted by atomic mass is 16.5. The summed E-state index contributed by atoms with van der Waals surface area (Å²) in [5.41, 5.74) is 0. The predicted octanol–water partition coefficient (Wildman–Crippen LogP) is 7.07. The summed E-state index contributed by atoms with van der Waals surface area (Å²) in [4.78, 5) is 0. The second-order valence-electron chi connectivity index (χ2n) is 9.10. The number of quaternary nitrogens is 1. The van der Waals surface area contributed by atoms with Gasteiger partial charge in [0.15, 0.2) is 6.73 Å². The molecule has 0 N–H and O–H groups in total. The van der Waals surface area contributed by atoms with Gasteiger partial charge in [0.05, 0.1) is 26.7 Å². The highest BCUT2D eigenvalue weighted by molar-refractivity contribution is 4.61. The molecule has 0 aromatic carbocycles. The Morgan fingerprint density at radius 3 is 1.72 bits per heavy atom. The maximum atomic E-state index is 6.42. The number of nitrogens with zero attached hydrogens (tertiary/aromatic N) is 1. The zero-order valence-electron chi connectivity index (χ0n) is 17.9. The van der Waals surface area contributed by atoms with E-state index in [9.17, 15) is 0 Å². The molecule has 0 unspecified atom stereocenters. The summed E-state index contributed by atoms with van der Waals surface area (Å²) in [6.45, 7) is 4.46. The summed E-state index contributed by atoms with van der Waals surface area (Å²) in [6, 6.07) is 0. The number of ether oxygens (including phenoxy) is 1. The Kier molecular flexibility index (Phi) is 13.8. The minimum Gasteiger partial charge on any atom is -0.328 e. The first-order valence-corrected chi connectivity index (χ1v) is 11.6. The smallest absolute Gasteiger partial charge is 0.183 e. The van der Waals surface area contributed by atoms with E-state index in [2.05, 4.69) is 21.0 Å². The fourth-order valence-electron chi connectivity index (χ4n) is 3.98. The minimum atomic E-state index is 0.515. The van der Waals surface area contributed by atoms with Crippen molar-refractivity contribution in [1.29, 1.82) is 0 Å². The second kappa shape index (κ2) is 15.0. The average Bonchev–Trinajstić information content (AvgIpc) is 2.57. The SMILES string of the molecule is CCCCCCCC[N+](C)(C)COC1CCCCCCCCCCC1. The van der Waals surface area contributed by atoms with E-state index in [0.717, 1.165) is 11.2 Å². The van der Waals surface area contributed by atoms with E-state index in [1.165, 1.54) is 116 Å². The van der Waals surface area contributed by atoms with Crippen LogP contribution in [0.15, 0.2) is 0 Å². The van der Waals surface area contributed by atoms with Crippen LogP contribution in [0.3, 0.4) is 0 Å². The molecular weight excluding hydrogens is 306 g/mol. The first kappa shape index (κ1) is 23.0. The number of hydrogen-bond donors (Lipinski definition) is 0. The first-order chi connectivity index (χ1) is 12.1. The largest absolute Gasteiger partial charge is 0.328 e. The molecular formula is C23H48NO+. The lowest BCUT2D eigenvalue weighted by molar-refractivity contribution is -0.910. The maximum absolute atomic E-state index is 6.42. The fourth-order valence-corrected chi connectivity index (χ4v) is 3.98. The van der Waals surface area contributed by atoms with Crippen LogP contribution in [0.4, 0.5) is 0 Å². The molecule has 1 aliphatic rings. The van der Waals surface area contributed by atoms with Crippen LogP contribution in [-0.4, -0.2) is 38.0 Å². The average molecular weight is 355 g/mol. The number of hydrogen-bond acceptors (Lipinski definition) is 1. The van der Waals surface area contributed by atoms with E-state index in [4.69, 9.17) is 4.74 Å². The van der Waals surface area contributed by atoms with Crippen LogP contribution in [0.2, 0.25) is 0 Å². The molecule has 1 rings (SSSR count). The lowest BCUT2D eigenvalue weighted by atomic mass is 9.99. The van der Waals surface area contributed by atoms with Crippen molar-refractivity contribution < 1.29 is 9.22 Å². The molecule has 2 nitrogen and oxygen atoms in total. The van der Waals surface area contributed by atoms with Gasteiger partial charge in [0.2, 0.25) is 0 Å². The third-order valence-electron chi connectivity index (χ3n) is 5.83. The van der Waals surface area contributed by atoms with Gasteiger partial charge in [0, 0.05) is 0 Å². The summed E-state index contributed by atoms with van der Waals surface area (Å²) in [7, 11) is 4.70. The van der Waals surface area contributed by atoms with Crippen LogP contribution in [0, 0.1) is 0 Å². The van der Waals surface area contributed by atoms with Crippen molar-refractivity contribution >= 4 is 0 Å². The molecule has 1 fully saturated rings. The van der Waals surface area contributed by atoms with Crippen molar-refractivity contribution in [3.05, 3.63) is 0 Å². The van der Waals surface area contributed by atoms with Gasteiger partial charge >= 0.3 is 0 Å². The summed E-state index contributed by atoms with van der Waals surface area (Å²) >= 11 is 0. The van der Waals surface area contributed by atoms with E-state index < -0.39 is 0 Å². The van der Waals surface area contributed by atoms with Gasteiger partial charge in [-0.3, -0.25) is 0 Å². The molecule has 0 aromatic heterocycles. The third kappa shape index (κ3) is 13.7.